The Morgan fingerprint density at radius 3 is 3.00 bits per heavy atom. The first kappa shape index (κ1) is 24.2. The number of hydrogen-bond acceptors (Lipinski definition) is 7. The molecular formula is C26H37N3O4S2. The number of urea groups is 1. The molecule has 5 heterocycles. The monoisotopic (exact) mass is 519 g/mol. The number of rotatable bonds is 10. The van der Waals surface area contributed by atoms with E-state index in [1.165, 1.54) is 18.4 Å². The molecule has 7 atom stereocenters. The minimum atomic E-state index is -0.326. The maximum Gasteiger partial charge on any atom is 0.331 e. The van der Waals surface area contributed by atoms with Crippen LogP contribution in [-0.2, 0) is 14.3 Å². The number of thioether (sulfide) groups is 2. The number of carbonyl (C=O) groups is 3. The Kier molecular flexibility index (Phi) is 6.86. The van der Waals surface area contributed by atoms with Crippen molar-refractivity contribution in [3.8, 4) is 0 Å². The second-order valence-electron chi connectivity index (χ2n) is 11.1. The molecule has 192 valence electrons. The quantitative estimate of drug-likeness (QED) is 0.260. The Balaban J connectivity index is 0.910. The van der Waals surface area contributed by atoms with Gasteiger partial charge in [-0.05, 0) is 56.4 Å². The van der Waals surface area contributed by atoms with Crippen LogP contribution in [0.5, 0.6) is 0 Å². The fourth-order valence-corrected chi connectivity index (χ4v) is 10.4. The minimum Gasteiger partial charge on any atom is -0.450 e. The molecule has 0 aromatic heterocycles. The summed E-state index contributed by atoms with van der Waals surface area (Å²) < 4.78 is 5.97. The number of ketones is 1. The first-order chi connectivity index (χ1) is 17.0. The summed E-state index contributed by atoms with van der Waals surface area (Å²) in [4.78, 5) is 38.8. The molecule has 5 aliphatic heterocycles. The van der Waals surface area contributed by atoms with Crippen molar-refractivity contribution in [1.82, 2.24) is 15.5 Å². The lowest BCUT2D eigenvalue weighted by Gasteiger charge is -2.38. The Morgan fingerprint density at radius 2 is 2.09 bits per heavy atom. The van der Waals surface area contributed by atoms with Gasteiger partial charge in [0.05, 0.1) is 18.1 Å². The molecule has 0 aromatic carbocycles. The number of piperidine rings is 1. The molecule has 7 nitrogen and oxygen atoms in total. The van der Waals surface area contributed by atoms with E-state index in [0.717, 1.165) is 63.0 Å². The average Bonchev–Trinajstić information content (AvgIpc) is 3.56. The highest BCUT2D eigenvalue weighted by Gasteiger charge is 2.63. The Morgan fingerprint density at radius 1 is 1.20 bits per heavy atom. The summed E-state index contributed by atoms with van der Waals surface area (Å²) in [5.41, 5.74) is 0.911. The molecule has 35 heavy (non-hydrogen) atoms. The first-order valence-corrected chi connectivity index (χ1v) is 15.6. The molecule has 5 fully saturated rings. The van der Waals surface area contributed by atoms with Crippen molar-refractivity contribution >= 4 is 41.3 Å². The van der Waals surface area contributed by atoms with Crippen LogP contribution in [0.4, 0.5) is 4.79 Å². The van der Waals surface area contributed by atoms with Gasteiger partial charge in [0, 0.05) is 47.6 Å². The number of esters is 1. The number of unbranched alkanes of at least 4 members (excludes halogenated alkanes) is 1. The first-order valence-electron chi connectivity index (χ1n) is 13.6. The third-order valence-corrected chi connectivity index (χ3v) is 12.0. The summed E-state index contributed by atoms with van der Waals surface area (Å²) in [5, 5.41) is 7.01. The van der Waals surface area contributed by atoms with Crippen molar-refractivity contribution < 1.29 is 19.1 Å². The number of nitrogens with zero attached hydrogens (tertiary/aromatic N) is 1. The fourth-order valence-electron chi connectivity index (χ4n) is 7.45. The van der Waals surface area contributed by atoms with Crippen LogP contribution in [0.1, 0.15) is 70.6 Å². The Hall–Kier alpha value is -1.19. The lowest BCUT2D eigenvalue weighted by Crippen LogP contribution is -2.48. The second-order valence-corrected chi connectivity index (χ2v) is 13.7. The lowest BCUT2D eigenvalue weighted by atomic mass is 9.77. The summed E-state index contributed by atoms with van der Waals surface area (Å²) in [5.74, 6) is 2.25. The van der Waals surface area contributed by atoms with Crippen LogP contribution in [0.3, 0.4) is 0 Å². The SMILES string of the molecule is O=C(CCCCC1SC[C@@H]2NC(=O)N[C@H]12)CCCS[C@H]1CC2=CC(=O)O[C@@]23C[C@@H]1N1CCCC[C@@H]13. The van der Waals surface area contributed by atoms with Gasteiger partial charge in [0.2, 0.25) is 0 Å². The summed E-state index contributed by atoms with van der Waals surface area (Å²) >= 11 is 3.95. The molecule has 6 aliphatic rings. The molecule has 2 bridgehead atoms. The van der Waals surface area contributed by atoms with E-state index in [1.807, 2.05) is 23.5 Å². The molecule has 1 spiro atoms. The van der Waals surface area contributed by atoms with Gasteiger partial charge in [-0.25, -0.2) is 9.59 Å². The van der Waals surface area contributed by atoms with Crippen LogP contribution < -0.4 is 10.6 Å². The molecule has 1 unspecified atom stereocenters. The van der Waals surface area contributed by atoms with Crippen LogP contribution in [0.15, 0.2) is 11.6 Å². The van der Waals surface area contributed by atoms with Crippen LogP contribution in [0, 0.1) is 0 Å². The molecule has 6 rings (SSSR count). The highest BCUT2D eigenvalue weighted by atomic mass is 32.2. The van der Waals surface area contributed by atoms with E-state index in [4.69, 9.17) is 4.74 Å². The number of hydrogen-bond donors (Lipinski definition) is 2. The highest BCUT2D eigenvalue weighted by Crippen LogP contribution is 2.56. The number of amides is 2. The normalized spacial score (nSPS) is 39.4. The maximum absolute atomic E-state index is 12.5. The van der Waals surface area contributed by atoms with Gasteiger partial charge in [-0.15, -0.1) is 0 Å². The molecule has 0 radical (unpaired) electrons. The van der Waals surface area contributed by atoms with Gasteiger partial charge in [0.25, 0.3) is 0 Å². The number of fused-ring (bicyclic) bond motifs is 4. The topological polar surface area (TPSA) is 87.7 Å². The van der Waals surface area contributed by atoms with Gasteiger partial charge < -0.3 is 15.4 Å². The Labute approximate surface area is 216 Å². The molecule has 1 saturated carbocycles. The van der Waals surface area contributed by atoms with Gasteiger partial charge in [-0.2, -0.15) is 23.5 Å². The Bertz CT molecular complexity index is 913. The predicted octanol–water partition coefficient (Wildman–Crippen LogP) is 3.42. The van der Waals surface area contributed by atoms with E-state index in [0.29, 0.717) is 41.2 Å². The van der Waals surface area contributed by atoms with Crippen molar-refractivity contribution in [2.45, 2.75) is 111 Å². The smallest absolute Gasteiger partial charge is 0.331 e. The molecule has 4 saturated heterocycles. The van der Waals surface area contributed by atoms with Gasteiger partial charge in [0.15, 0.2) is 5.60 Å². The molecule has 2 N–H and O–H groups in total. The second kappa shape index (κ2) is 9.93. The molecule has 2 amide bonds. The van der Waals surface area contributed by atoms with Crippen LogP contribution >= 0.6 is 23.5 Å². The zero-order valence-electron chi connectivity index (χ0n) is 20.3. The zero-order chi connectivity index (χ0) is 24.0. The number of nitrogens with one attached hydrogen (secondary N) is 2. The van der Waals surface area contributed by atoms with Crippen molar-refractivity contribution in [3.05, 3.63) is 11.6 Å². The minimum absolute atomic E-state index is 0.0311. The average molecular weight is 520 g/mol. The fraction of sp³-hybridized carbons (Fsp3) is 0.808. The molecule has 0 aromatic rings. The van der Waals surface area contributed by atoms with Gasteiger partial charge in [0.1, 0.15) is 5.78 Å². The van der Waals surface area contributed by atoms with E-state index < -0.39 is 0 Å². The van der Waals surface area contributed by atoms with Crippen LogP contribution in [0.2, 0.25) is 0 Å². The summed E-state index contributed by atoms with van der Waals surface area (Å²) in [6.07, 6.45) is 12.7. The van der Waals surface area contributed by atoms with Crippen molar-refractivity contribution in [2.24, 2.45) is 0 Å². The van der Waals surface area contributed by atoms with Gasteiger partial charge in [-0.3, -0.25) is 9.69 Å². The third kappa shape index (κ3) is 4.54. The molecule has 9 heteroatoms. The van der Waals surface area contributed by atoms with Crippen LogP contribution in [-0.4, -0.2) is 81.0 Å². The van der Waals surface area contributed by atoms with E-state index >= 15 is 0 Å². The molecular weight excluding hydrogens is 482 g/mol. The van der Waals surface area contributed by atoms with Gasteiger partial charge >= 0.3 is 12.0 Å². The highest BCUT2D eigenvalue weighted by molar-refractivity contribution is 8.00. The maximum atomic E-state index is 12.5. The number of ether oxygens (including phenoxy) is 1. The van der Waals surface area contributed by atoms with E-state index in [-0.39, 0.29) is 29.7 Å². The number of carbonyl (C=O) groups excluding carboxylic acids is 3. The van der Waals surface area contributed by atoms with Crippen molar-refractivity contribution in [3.63, 3.8) is 0 Å². The van der Waals surface area contributed by atoms with Crippen LogP contribution in [0.25, 0.3) is 0 Å². The zero-order valence-corrected chi connectivity index (χ0v) is 22.0. The van der Waals surface area contributed by atoms with E-state index in [1.54, 1.807) is 6.08 Å². The van der Waals surface area contributed by atoms with E-state index in [2.05, 4.69) is 15.5 Å². The standard InChI is InChI=1S/C26H37N3O4S2/c30-17(6-1-2-8-20-24-18(15-35-20)27-25(32)28-24)7-5-11-34-21-12-16-13-23(31)33-26(16)14-19(21)29-10-4-3-9-22(26)29/h13,18-22,24H,1-12,14-15H2,(H2,27,28,32)/t18-,19-,20?,21-,22+,24-,26-/m0/s1. The molecule has 1 aliphatic carbocycles. The summed E-state index contributed by atoms with van der Waals surface area (Å²) in [6.45, 7) is 1.13. The number of Topliss-reactive ketones (excluding diaryl/α,β-unsaturated/α-hetero) is 1. The van der Waals surface area contributed by atoms with Gasteiger partial charge in [-0.1, -0.05) is 12.8 Å². The largest absolute Gasteiger partial charge is 0.450 e. The summed E-state index contributed by atoms with van der Waals surface area (Å²) in [6, 6.07) is 1.38. The predicted molar refractivity (Wildman–Crippen MR) is 139 cm³/mol. The van der Waals surface area contributed by atoms with Crippen molar-refractivity contribution in [2.75, 3.05) is 18.1 Å². The summed E-state index contributed by atoms with van der Waals surface area (Å²) in [7, 11) is 0. The third-order valence-electron chi connectivity index (χ3n) is 9.05. The van der Waals surface area contributed by atoms with Crippen molar-refractivity contribution in [1.29, 1.82) is 0 Å². The van der Waals surface area contributed by atoms with E-state index in [9.17, 15) is 14.4 Å². The lowest BCUT2D eigenvalue weighted by molar-refractivity contribution is -0.148.